The molecule has 0 spiro atoms. The fourth-order valence-electron chi connectivity index (χ4n) is 0.937. The summed E-state index contributed by atoms with van der Waals surface area (Å²) in [6.45, 7) is 0. The highest BCUT2D eigenvalue weighted by molar-refractivity contribution is 9.10. The SMILES string of the molecule is FC(F)(F)CCc1ccc(Br)cc1. The van der Waals surface area contributed by atoms with E-state index in [9.17, 15) is 13.2 Å². The van der Waals surface area contributed by atoms with Crippen LogP contribution < -0.4 is 0 Å². The zero-order valence-electron chi connectivity index (χ0n) is 6.74. The highest BCUT2D eigenvalue weighted by Crippen LogP contribution is 2.22. The van der Waals surface area contributed by atoms with E-state index in [2.05, 4.69) is 15.9 Å². The first-order valence-corrected chi connectivity index (χ1v) is 4.58. The van der Waals surface area contributed by atoms with Gasteiger partial charge in [0.2, 0.25) is 0 Å². The van der Waals surface area contributed by atoms with Crippen LogP contribution in [0, 0.1) is 0 Å². The topological polar surface area (TPSA) is 0 Å². The Kier molecular flexibility index (Phi) is 3.36. The van der Waals surface area contributed by atoms with E-state index in [0.29, 0.717) is 5.56 Å². The molecule has 0 heterocycles. The van der Waals surface area contributed by atoms with Crippen LogP contribution in [0.15, 0.2) is 28.7 Å². The van der Waals surface area contributed by atoms with Crippen molar-refractivity contribution in [2.75, 3.05) is 0 Å². The summed E-state index contributed by atoms with van der Waals surface area (Å²) in [5.74, 6) is 0. The molecule has 0 aliphatic rings. The van der Waals surface area contributed by atoms with E-state index in [-0.39, 0.29) is 6.42 Å². The van der Waals surface area contributed by atoms with Gasteiger partial charge < -0.3 is 0 Å². The van der Waals surface area contributed by atoms with E-state index in [1.807, 2.05) is 0 Å². The van der Waals surface area contributed by atoms with Crippen molar-refractivity contribution in [2.24, 2.45) is 0 Å². The molecule has 0 saturated carbocycles. The van der Waals surface area contributed by atoms with Gasteiger partial charge in [-0.3, -0.25) is 0 Å². The van der Waals surface area contributed by atoms with Crippen LogP contribution in [-0.4, -0.2) is 6.18 Å². The van der Waals surface area contributed by atoms with E-state index in [0.717, 1.165) is 4.47 Å². The molecule has 0 amide bonds. The maximum atomic E-state index is 11.8. The quantitative estimate of drug-likeness (QED) is 0.748. The van der Waals surface area contributed by atoms with Crippen molar-refractivity contribution in [3.63, 3.8) is 0 Å². The third kappa shape index (κ3) is 4.31. The van der Waals surface area contributed by atoms with Gasteiger partial charge in [0.25, 0.3) is 0 Å². The fourth-order valence-corrected chi connectivity index (χ4v) is 1.20. The third-order valence-electron chi connectivity index (χ3n) is 1.61. The number of aryl methyl sites for hydroxylation is 1. The van der Waals surface area contributed by atoms with Gasteiger partial charge in [0.15, 0.2) is 0 Å². The lowest BCUT2D eigenvalue weighted by Gasteiger charge is -2.05. The molecule has 0 saturated heterocycles. The Morgan fingerprint density at radius 2 is 1.62 bits per heavy atom. The normalized spacial score (nSPS) is 11.7. The highest BCUT2D eigenvalue weighted by Gasteiger charge is 2.26. The van der Waals surface area contributed by atoms with E-state index in [4.69, 9.17) is 0 Å². The molecule has 0 aliphatic carbocycles. The average molecular weight is 253 g/mol. The van der Waals surface area contributed by atoms with Crippen LogP contribution >= 0.6 is 15.9 Å². The van der Waals surface area contributed by atoms with Gasteiger partial charge in [0.1, 0.15) is 0 Å². The second-order valence-corrected chi connectivity index (χ2v) is 3.66. The zero-order valence-corrected chi connectivity index (χ0v) is 8.32. The Labute approximate surface area is 82.9 Å². The summed E-state index contributed by atoms with van der Waals surface area (Å²) in [4.78, 5) is 0. The fraction of sp³-hybridized carbons (Fsp3) is 0.333. The minimum Gasteiger partial charge on any atom is -0.171 e. The van der Waals surface area contributed by atoms with Gasteiger partial charge in [-0.1, -0.05) is 28.1 Å². The first kappa shape index (κ1) is 10.6. The number of rotatable bonds is 2. The molecule has 0 fully saturated rings. The predicted molar refractivity (Wildman–Crippen MR) is 48.5 cm³/mol. The first-order chi connectivity index (χ1) is 5.97. The predicted octanol–water partition coefficient (Wildman–Crippen LogP) is 3.94. The highest BCUT2D eigenvalue weighted by atomic mass is 79.9. The summed E-state index contributed by atoms with van der Waals surface area (Å²) < 4.78 is 36.3. The molecule has 1 rings (SSSR count). The van der Waals surface area contributed by atoms with Crippen LogP contribution in [0.25, 0.3) is 0 Å². The molecule has 72 valence electrons. The molecule has 0 aromatic heterocycles. The molecule has 4 heteroatoms. The van der Waals surface area contributed by atoms with Crippen molar-refractivity contribution in [1.29, 1.82) is 0 Å². The van der Waals surface area contributed by atoms with Crippen molar-refractivity contribution >= 4 is 15.9 Å². The average Bonchev–Trinajstić information content (AvgIpc) is 2.02. The molecule has 0 nitrogen and oxygen atoms in total. The van der Waals surface area contributed by atoms with Crippen molar-refractivity contribution in [3.8, 4) is 0 Å². The lowest BCUT2D eigenvalue weighted by atomic mass is 10.1. The summed E-state index contributed by atoms with van der Waals surface area (Å²) in [5, 5.41) is 0. The van der Waals surface area contributed by atoms with E-state index in [1.165, 1.54) is 0 Å². The van der Waals surface area contributed by atoms with Crippen LogP contribution in [0.1, 0.15) is 12.0 Å². The maximum absolute atomic E-state index is 11.8. The number of hydrogen-bond acceptors (Lipinski definition) is 0. The van der Waals surface area contributed by atoms with Gasteiger partial charge in [-0.25, -0.2) is 0 Å². The van der Waals surface area contributed by atoms with Crippen LogP contribution in [-0.2, 0) is 6.42 Å². The standard InChI is InChI=1S/C9H8BrF3/c10-8-3-1-7(2-4-8)5-6-9(11,12)13/h1-4H,5-6H2. The lowest BCUT2D eigenvalue weighted by molar-refractivity contribution is -0.133. The van der Waals surface area contributed by atoms with Crippen molar-refractivity contribution in [3.05, 3.63) is 34.3 Å². The molecule has 0 radical (unpaired) electrons. The second-order valence-electron chi connectivity index (χ2n) is 2.74. The maximum Gasteiger partial charge on any atom is 0.389 e. The Bertz CT molecular complexity index is 263. The number of hydrogen-bond donors (Lipinski definition) is 0. The summed E-state index contributed by atoms with van der Waals surface area (Å²) in [6, 6.07) is 6.86. The molecule has 0 atom stereocenters. The van der Waals surface area contributed by atoms with Gasteiger partial charge in [0.05, 0.1) is 0 Å². The summed E-state index contributed by atoms with van der Waals surface area (Å²) >= 11 is 3.21. The summed E-state index contributed by atoms with van der Waals surface area (Å²) in [6.07, 6.45) is -4.77. The zero-order chi connectivity index (χ0) is 9.90. The van der Waals surface area contributed by atoms with Crippen molar-refractivity contribution in [1.82, 2.24) is 0 Å². The smallest absolute Gasteiger partial charge is 0.171 e. The molecule has 13 heavy (non-hydrogen) atoms. The van der Waals surface area contributed by atoms with Crippen molar-refractivity contribution in [2.45, 2.75) is 19.0 Å². The minimum atomic E-state index is -4.06. The van der Waals surface area contributed by atoms with E-state index < -0.39 is 12.6 Å². The largest absolute Gasteiger partial charge is 0.389 e. The molecule has 1 aromatic carbocycles. The van der Waals surface area contributed by atoms with Crippen LogP contribution in [0.5, 0.6) is 0 Å². The van der Waals surface area contributed by atoms with Gasteiger partial charge >= 0.3 is 6.18 Å². The van der Waals surface area contributed by atoms with Crippen LogP contribution in [0.4, 0.5) is 13.2 Å². The van der Waals surface area contributed by atoms with Crippen LogP contribution in [0.3, 0.4) is 0 Å². The second kappa shape index (κ2) is 4.13. The Hall–Kier alpha value is -0.510. The van der Waals surface area contributed by atoms with Gasteiger partial charge in [-0.15, -0.1) is 0 Å². The first-order valence-electron chi connectivity index (χ1n) is 3.78. The third-order valence-corrected chi connectivity index (χ3v) is 2.14. The minimum absolute atomic E-state index is 0.0524. The van der Waals surface area contributed by atoms with Gasteiger partial charge in [-0.05, 0) is 24.1 Å². The van der Waals surface area contributed by atoms with E-state index in [1.54, 1.807) is 24.3 Å². The van der Waals surface area contributed by atoms with Gasteiger partial charge in [-0.2, -0.15) is 13.2 Å². The monoisotopic (exact) mass is 252 g/mol. The Morgan fingerprint density at radius 3 is 2.08 bits per heavy atom. The number of alkyl halides is 3. The van der Waals surface area contributed by atoms with Crippen LogP contribution in [0.2, 0.25) is 0 Å². The Morgan fingerprint density at radius 1 is 1.08 bits per heavy atom. The van der Waals surface area contributed by atoms with E-state index >= 15 is 0 Å². The molecular weight excluding hydrogens is 245 g/mol. The molecule has 0 aliphatic heterocycles. The summed E-state index contributed by atoms with van der Waals surface area (Å²) in [7, 11) is 0. The number of halogens is 4. The summed E-state index contributed by atoms with van der Waals surface area (Å²) in [5.41, 5.74) is 0.709. The van der Waals surface area contributed by atoms with Gasteiger partial charge in [0, 0.05) is 10.9 Å². The molecule has 1 aromatic rings. The Balaban J connectivity index is 2.51. The molecule has 0 bridgehead atoms. The molecule has 0 N–H and O–H groups in total. The number of benzene rings is 1. The molecular formula is C9H8BrF3. The molecule has 0 unspecified atom stereocenters. The lowest BCUT2D eigenvalue weighted by Crippen LogP contribution is -2.08. The van der Waals surface area contributed by atoms with Crippen molar-refractivity contribution < 1.29 is 13.2 Å².